The van der Waals surface area contributed by atoms with Crippen molar-refractivity contribution < 1.29 is 28.6 Å². The predicted molar refractivity (Wildman–Crippen MR) is 80.3 cm³/mol. The van der Waals surface area contributed by atoms with E-state index in [1.807, 2.05) is 0 Å². The van der Waals surface area contributed by atoms with Gasteiger partial charge in [-0.3, -0.25) is 9.59 Å². The highest BCUT2D eigenvalue weighted by Crippen LogP contribution is 2.13. The third-order valence-corrected chi connectivity index (χ3v) is 3.30. The van der Waals surface area contributed by atoms with Crippen LogP contribution in [0.4, 0.5) is 0 Å². The number of carbonyl (C=O) groups excluding carboxylic acids is 3. The minimum atomic E-state index is -0.885. The number of Topliss-reactive ketones (excluding diaryl/α,β-unsaturated/α-hetero) is 1. The van der Waals surface area contributed by atoms with Gasteiger partial charge in [-0.15, -0.1) is 0 Å². The lowest BCUT2D eigenvalue weighted by molar-refractivity contribution is -0.138. The molecule has 0 radical (unpaired) electrons. The summed E-state index contributed by atoms with van der Waals surface area (Å²) in [6.45, 7) is 3.91. The van der Waals surface area contributed by atoms with Crippen LogP contribution in [0.1, 0.15) is 17.3 Å². The molecule has 1 aliphatic rings. The number of carbonyl (C=O) groups is 3. The highest BCUT2D eigenvalue weighted by atomic mass is 16.5. The molecule has 0 saturated carbocycles. The Morgan fingerprint density at radius 3 is 2.39 bits per heavy atom. The molecular formula is C16H19NO6. The first-order valence-electron chi connectivity index (χ1n) is 7.41. The SMILES string of the molecule is CCOC(=O)C(=O)c1ccc(OCC(=O)N2CCOCC2)cc1. The Labute approximate surface area is 134 Å². The van der Waals surface area contributed by atoms with Crippen LogP contribution < -0.4 is 4.74 Å². The van der Waals surface area contributed by atoms with Crippen molar-refractivity contribution in [2.24, 2.45) is 0 Å². The molecule has 1 saturated heterocycles. The maximum atomic E-state index is 11.9. The summed E-state index contributed by atoms with van der Waals surface area (Å²) in [5.74, 6) is -1.25. The van der Waals surface area contributed by atoms with E-state index < -0.39 is 11.8 Å². The molecule has 0 N–H and O–H groups in total. The molecule has 7 heteroatoms. The van der Waals surface area contributed by atoms with E-state index >= 15 is 0 Å². The molecule has 1 aromatic carbocycles. The Hall–Kier alpha value is -2.41. The largest absolute Gasteiger partial charge is 0.484 e. The first kappa shape index (κ1) is 17.0. The van der Waals surface area contributed by atoms with Crippen LogP contribution in [0.2, 0.25) is 0 Å². The fraction of sp³-hybridized carbons (Fsp3) is 0.438. The van der Waals surface area contributed by atoms with Gasteiger partial charge in [0.15, 0.2) is 6.61 Å². The van der Waals surface area contributed by atoms with Gasteiger partial charge in [-0.2, -0.15) is 0 Å². The van der Waals surface area contributed by atoms with Crippen molar-refractivity contribution in [3.63, 3.8) is 0 Å². The van der Waals surface area contributed by atoms with Gasteiger partial charge in [0.05, 0.1) is 19.8 Å². The predicted octanol–water partition coefficient (Wildman–Crippen LogP) is 0.670. The van der Waals surface area contributed by atoms with Gasteiger partial charge in [-0.1, -0.05) is 0 Å². The number of nitrogens with zero attached hydrogens (tertiary/aromatic N) is 1. The zero-order valence-corrected chi connectivity index (χ0v) is 12.9. The lowest BCUT2D eigenvalue weighted by atomic mass is 10.1. The zero-order chi connectivity index (χ0) is 16.7. The van der Waals surface area contributed by atoms with Gasteiger partial charge in [0, 0.05) is 18.7 Å². The number of ether oxygens (including phenoxy) is 3. The first-order valence-corrected chi connectivity index (χ1v) is 7.41. The quantitative estimate of drug-likeness (QED) is 0.435. The molecule has 1 amide bonds. The fourth-order valence-electron chi connectivity index (χ4n) is 2.07. The Morgan fingerprint density at radius 2 is 1.78 bits per heavy atom. The molecule has 1 aliphatic heterocycles. The van der Waals surface area contributed by atoms with Crippen molar-refractivity contribution in [1.82, 2.24) is 4.90 Å². The van der Waals surface area contributed by atoms with Gasteiger partial charge in [0.2, 0.25) is 0 Å². The normalized spacial score (nSPS) is 14.2. The van der Waals surface area contributed by atoms with Gasteiger partial charge in [-0.25, -0.2) is 4.79 Å². The topological polar surface area (TPSA) is 82.1 Å². The van der Waals surface area contributed by atoms with Gasteiger partial charge >= 0.3 is 5.97 Å². The molecule has 0 unspecified atom stereocenters. The summed E-state index contributed by atoms with van der Waals surface area (Å²) < 4.78 is 15.2. The number of hydrogen-bond acceptors (Lipinski definition) is 6. The van der Waals surface area contributed by atoms with E-state index in [9.17, 15) is 14.4 Å². The summed E-state index contributed by atoms with van der Waals surface area (Å²) in [6, 6.07) is 6.01. The van der Waals surface area contributed by atoms with Crippen LogP contribution in [0.15, 0.2) is 24.3 Å². The number of benzene rings is 1. The summed E-state index contributed by atoms with van der Waals surface area (Å²) in [5.41, 5.74) is 0.218. The molecule has 0 bridgehead atoms. The summed E-state index contributed by atoms with van der Waals surface area (Å²) >= 11 is 0. The van der Waals surface area contributed by atoms with Crippen LogP contribution in [0.3, 0.4) is 0 Å². The minimum absolute atomic E-state index is 0.0782. The molecular weight excluding hydrogens is 302 g/mol. The van der Waals surface area contributed by atoms with E-state index in [-0.39, 0.29) is 24.7 Å². The lowest BCUT2D eigenvalue weighted by Crippen LogP contribution is -2.42. The number of ketones is 1. The highest BCUT2D eigenvalue weighted by Gasteiger charge is 2.18. The standard InChI is InChI=1S/C16H19NO6/c1-2-22-16(20)15(19)12-3-5-13(6-4-12)23-11-14(18)17-7-9-21-10-8-17/h3-6H,2,7-11H2,1H3. The van der Waals surface area contributed by atoms with Crippen LogP contribution in [-0.4, -0.2) is 62.1 Å². The summed E-state index contributed by atoms with van der Waals surface area (Å²) in [6.07, 6.45) is 0. The molecule has 124 valence electrons. The maximum Gasteiger partial charge on any atom is 0.379 e. The van der Waals surface area contributed by atoms with Crippen molar-refractivity contribution in [1.29, 1.82) is 0 Å². The second kappa shape index (κ2) is 8.28. The lowest BCUT2D eigenvalue weighted by Gasteiger charge is -2.26. The molecule has 1 aromatic rings. The summed E-state index contributed by atoms with van der Waals surface area (Å²) in [4.78, 5) is 36.7. The Bertz CT molecular complexity index is 562. The fourth-order valence-corrected chi connectivity index (χ4v) is 2.07. The third-order valence-electron chi connectivity index (χ3n) is 3.30. The Morgan fingerprint density at radius 1 is 1.13 bits per heavy atom. The second-order valence-electron chi connectivity index (χ2n) is 4.86. The molecule has 23 heavy (non-hydrogen) atoms. The molecule has 1 fully saturated rings. The molecule has 2 rings (SSSR count). The van der Waals surface area contributed by atoms with Crippen LogP contribution in [0.5, 0.6) is 5.75 Å². The van der Waals surface area contributed by atoms with Gasteiger partial charge < -0.3 is 19.1 Å². The maximum absolute atomic E-state index is 11.9. The highest BCUT2D eigenvalue weighted by molar-refractivity contribution is 6.40. The number of amides is 1. The molecule has 7 nitrogen and oxygen atoms in total. The second-order valence-corrected chi connectivity index (χ2v) is 4.86. The monoisotopic (exact) mass is 321 g/mol. The van der Waals surface area contributed by atoms with Crippen LogP contribution >= 0.6 is 0 Å². The summed E-state index contributed by atoms with van der Waals surface area (Å²) in [7, 11) is 0. The molecule has 1 heterocycles. The Kier molecular flexibility index (Phi) is 6.10. The minimum Gasteiger partial charge on any atom is -0.484 e. The van der Waals surface area contributed by atoms with Crippen molar-refractivity contribution in [3.05, 3.63) is 29.8 Å². The van der Waals surface area contributed by atoms with E-state index in [0.717, 1.165) is 0 Å². The first-order chi connectivity index (χ1) is 11.1. The van der Waals surface area contributed by atoms with Crippen molar-refractivity contribution >= 4 is 17.7 Å². The van der Waals surface area contributed by atoms with Crippen molar-refractivity contribution in [2.45, 2.75) is 6.92 Å². The number of rotatable bonds is 6. The third kappa shape index (κ3) is 4.79. The molecule has 0 aliphatic carbocycles. The van der Waals surface area contributed by atoms with E-state index in [2.05, 4.69) is 4.74 Å². The van der Waals surface area contributed by atoms with Gasteiger partial charge in [-0.05, 0) is 31.2 Å². The Balaban J connectivity index is 1.86. The van der Waals surface area contributed by atoms with Gasteiger partial charge in [0.25, 0.3) is 11.7 Å². The number of morpholine rings is 1. The van der Waals surface area contributed by atoms with E-state index in [4.69, 9.17) is 9.47 Å². The number of hydrogen-bond donors (Lipinski definition) is 0. The summed E-state index contributed by atoms with van der Waals surface area (Å²) in [5, 5.41) is 0. The molecule has 0 spiro atoms. The van der Waals surface area contributed by atoms with Crippen LogP contribution in [0.25, 0.3) is 0 Å². The molecule has 0 aromatic heterocycles. The zero-order valence-electron chi connectivity index (χ0n) is 12.9. The van der Waals surface area contributed by atoms with E-state index in [0.29, 0.717) is 32.1 Å². The van der Waals surface area contributed by atoms with Crippen molar-refractivity contribution in [3.8, 4) is 5.75 Å². The van der Waals surface area contributed by atoms with Crippen molar-refractivity contribution in [2.75, 3.05) is 39.5 Å². The average Bonchev–Trinajstić information content (AvgIpc) is 2.60. The van der Waals surface area contributed by atoms with Gasteiger partial charge in [0.1, 0.15) is 5.75 Å². The van der Waals surface area contributed by atoms with Crippen LogP contribution in [0, 0.1) is 0 Å². The molecule has 0 atom stereocenters. The van der Waals surface area contributed by atoms with E-state index in [1.54, 1.807) is 24.0 Å². The average molecular weight is 321 g/mol. The van der Waals surface area contributed by atoms with Crippen LogP contribution in [-0.2, 0) is 19.1 Å². The smallest absolute Gasteiger partial charge is 0.379 e. The number of esters is 1. The van der Waals surface area contributed by atoms with E-state index in [1.165, 1.54) is 12.1 Å².